The van der Waals surface area contributed by atoms with Crippen LogP contribution in [0.25, 0.3) is 28.1 Å². The summed E-state index contributed by atoms with van der Waals surface area (Å²) in [5.41, 5.74) is 4.36. The Balaban J connectivity index is 1.64. The van der Waals surface area contributed by atoms with Gasteiger partial charge in [0.1, 0.15) is 5.69 Å². The summed E-state index contributed by atoms with van der Waals surface area (Å²) in [6.45, 7) is 5.67. The molecule has 0 unspecified atom stereocenters. The second-order valence-electron chi connectivity index (χ2n) is 8.19. The van der Waals surface area contributed by atoms with Crippen molar-refractivity contribution in [2.75, 3.05) is 13.6 Å². The summed E-state index contributed by atoms with van der Waals surface area (Å²) in [6, 6.07) is 16.5. The van der Waals surface area contributed by atoms with Crippen molar-refractivity contribution < 1.29 is 0 Å². The molecular weight excluding hydrogens is 346 g/mol. The van der Waals surface area contributed by atoms with Crippen molar-refractivity contribution in [3.05, 3.63) is 60.3 Å². The first-order valence-corrected chi connectivity index (χ1v) is 9.91. The van der Waals surface area contributed by atoms with Gasteiger partial charge in [-0.1, -0.05) is 44.2 Å². The molecule has 0 aliphatic carbocycles. The lowest BCUT2D eigenvalue weighted by molar-refractivity contribution is 0.315. The van der Waals surface area contributed by atoms with Crippen LogP contribution < -0.4 is 5.32 Å². The van der Waals surface area contributed by atoms with E-state index < -0.39 is 0 Å². The molecular formula is C23H27N5. The predicted octanol–water partition coefficient (Wildman–Crippen LogP) is 4.51. The van der Waals surface area contributed by atoms with E-state index in [2.05, 4.69) is 53.6 Å². The van der Waals surface area contributed by atoms with Crippen molar-refractivity contribution in [1.82, 2.24) is 24.9 Å². The first-order valence-electron chi connectivity index (χ1n) is 9.91. The molecule has 5 nitrogen and oxygen atoms in total. The molecule has 0 saturated heterocycles. The highest BCUT2D eigenvalue weighted by atomic mass is 15.2. The molecule has 0 atom stereocenters. The van der Waals surface area contributed by atoms with Gasteiger partial charge in [0.25, 0.3) is 0 Å². The average Bonchev–Trinajstić information content (AvgIpc) is 3.12. The molecule has 0 aliphatic heterocycles. The van der Waals surface area contributed by atoms with Gasteiger partial charge in [-0.15, -0.1) is 10.2 Å². The number of pyridine rings is 2. The van der Waals surface area contributed by atoms with Gasteiger partial charge in [-0.25, -0.2) is 4.98 Å². The van der Waals surface area contributed by atoms with Crippen molar-refractivity contribution in [3.8, 4) is 11.5 Å². The molecule has 1 aromatic carbocycles. The normalized spacial score (nSPS) is 12.1. The monoisotopic (exact) mass is 373 g/mol. The van der Waals surface area contributed by atoms with Crippen molar-refractivity contribution in [3.63, 3.8) is 0 Å². The zero-order chi connectivity index (χ0) is 19.6. The minimum atomic E-state index is 0.304. The van der Waals surface area contributed by atoms with Gasteiger partial charge >= 0.3 is 0 Å². The first kappa shape index (κ1) is 18.6. The summed E-state index contributed by atoms with van der Waals surface area (Å²) in [7, 11) is 2.02. The van der Waals surface area contributed by atoms with E-state index in [1.807, 2.05) is 41.9 Å². The van der Waals surface area contributed by atoms with Crippen LogP contribution >= 0.6 is 0 Å². The highest BCUT2D eigenvalue weighted by Crippen LogP contribution is 2.26. The smallest absolute Gasteiger partial charge is 0.187 e. The van der Waals surface area contributed by atoms with Gasteiger partial charge < -0.3 is 5.32 Å². The fourth-order valence-corrected chi connectivity index (χ4v) is 3.88. The van der Waals surface area contributed by atoms with Crippen molar-refractivity contribution in [2.24, 2.45) is 5.41 Å². The van der Waals surface area contributed by atoms with Gasteiger partial charge in [0.2, 0.25) is 0 Å². The maximum absolute atomic E-state index is 4.98. The molecule has 3 heterocycles. The van der Waals surface area contributed by atoms with E-state index in [-0.39, 0.29) is 0 Å². The lowest BCUT2D eigenvalue weighted by atomic mass is 9.86. The molecule has 0 spiro atoms. The standard InChI is InChI=1S/C23H27N5/c1-23(2,16-24-3)14-7-10-17-8-6-9-18-12-13-19(25-21(17)18)22-27-26-20-11-4-5-15-28(20)22/h4-6,8-9,11-13,15,24H,7,10,14,16H2,1-3H3. The lowest BCUT2D eigenvalue weighted by Crippen LogP contribution is -2.26. The van der Waals surface area contributed by atoms with E-state index >= 15 is 0 Å². The topological polar surface area (TPSA) is 55.1 Å². The van der Waals surface area contributed by atoms with Gasteiger partial charge in [-0.3, -0.25) is 4.40 Å². The number of hydrogen-bond acceptors (Lipinski definition) is 4. The summed E-state index contributed by atoms with van der Waals surface area (Å²) in [6.07, 6.45) is 5.33. The van der Waals surface area contributed by atoms with Crippen LogP contribution in [0.2, 0.25) is 0 Å². The maximum Gasteiger partial charge on any atom is 0.187 e. The van der Waals surface area contributed by atoms with Crippen LogP contribution in [0.15, 0.2) is 54.7 Å². The van der Waals surface area contributed by atoms with Gasteiger partial charge in [0, 0.05) is 11.6 Å². The van der Waals surface area contributed by atoms with Gasteiger partial charge in [-0.05, 0) is 62.0 Å². The largest absolute Gasteiger partial charge is 0.319 e. The Morgan fingerprint density at radius 2 is 1.89 bits per heavy atom. The Labute approximate surface area is 165 Å². The fraction of sp³-hybridized carbons (Fsp3) is 0.348. The number of nitrogens with one attached hydrogen (secondary N) is 1. The Morgan fingerprint density at radius 1 is 1.00 bits per heavy atom. The third kappa shape index (κ3) is 3.76. The van der Waals surface area contributed by atoms with Crippen LogP contribution in [0.5, 0.6) is 0 Å². The Hall–Kier alpha value is -2.79. The summed E-state index contributed by atoms with van der Waals surface area (Å²) in [5, 5.41) is 13.1. The van der Waals surface area contributed by atoms with Gasteiger partial charge in [0.05, 0.1) is 5.52 Å². The average molecular weight is 374 g/mol. The first-order chi connectivity index (χ1) is 13.6. The summed E-state index contributed by atoms with van der Waals surface area (Å²) in [5.74, 6) is 0.780. The summed E-state index contributed by atoms with van der Waals surface area (Å²) < 4.78 is 1.98. The second kappa shape index (κ2) is 7.68. The quantitative estimate of drug-likeness (QED) is 0.518. The molecule has 0 aliphatic rings. The Kier molecular flexibility index (Phi) is 5.09. The third-order valence-electron chi connectivity index (χ3n) is 5.30. The maximum atomic E-state index is 4.98. The lowest BCUT2D eigenvalue weighted by Gasteiger charge is -2.24. The SMILES string of the molecule is CNCC(C)(C)CCCc1cccc2ccc(-c3nnc4ccccn34)nc12. The molecule has 3 aromatic heterocycles. The van der Waals surface area contributed by atoms with Crippen molar-refractivity contribution in [2.45, 2.75) is 33.1 Å². The van der Waals surface area contributed by atoms with Crippen LogP contribution in [-0.4, -0.2) is 33.2 Å². The van der Waals surface area contributed by atoms with Crippen molar-refractivity contribution >= 4 is 16.6 Å². The summed E-state index contributed by atoms with van der Waals surface area (Å²) >= 11 is 0. The van der Waals surface area contributed by atoms with E-state index in [1.54, 1.807) is 0 Å². The van der Waals surface area contributed by atoms with Gasteiger partial charge in [-0.2, -0.15) is 0 Å². The fourth-order valence-electron chi connectivity index (χ4n) is 3.88. The van der Waals surface area contributed by atoms with E-state index in [0.29, 0.717) is 5.41 Å². The number of aromatic nitrogens is 4. The van der Waals surface area contributed by atoms with Crippen molar-refractivity contribution in [1.29, 1.82) is 0 Å². The Bertz CT molecular complexity index is 1100. The zero-order valence-electron chi connectivity index (χ0n) is 16.8. The number of nitrogens with zero attached hydrogens (tertiary/aromatic N) is 4. The highest BCUT2D eigenvalue weighted by molar-refractivity contribution is 5.84. The molecule has 28 heavy (non-hydrogen) atoms. The number of aryl methyl sites for hydroxylation is 1. The minimum absolute atomic E-state index is 0.304. The molecule has 4 rings (SSSR count). The number of hydrogen-bond donors (Lipinski definition) is 1. The van der Waals surface area contributed by atoms with Crippen LogP contribution in [0.4, 0.5) is 0 Å². The summed E-state index contributed by atoms with van der Waals surface area (Å²) in [4.78, 5) is 4.98. The molecule has 0 bridgehead atoms. The molecule has 0 saturated carbocycles. The third-order valence-corrected chi connectivity index (χ3v) is 5.30. The Morgan fingerprint density at radius 3 is 2.75 bits per heavy atom. The van der Waals surface area contributed by atoms with Crippen LogP contribution in [0.3, 0.4) is 0 Å². The number of fused-ring (bicyclic) bond motifs is 2. The van der Waals surface area contributed by atoms with E-state index in [4.69, 9.17) is 4.98 Å². The van der Waals surface area contributed by atoms with E-state index in [1.165, 1.54) is 17.4 Å². The molecule has 1 N–H and O–H groups in total. The second-order valence-corrected chi connectivity index (χ2v) is 8.19. The van der Waals surface area contributed by atoms with E-state index in [0.717, 1.165) is 42.1 Å². The van der Waals surface area contributed by atoms with Gasteiger partial charge in [0.15, 0.2) is 11.5 Å². The van der Waals surface area contributed by atoms with Crippen LogP contribution in [0, 0.1) is 5.41 Å². The minimum Gasteiger partial charge on any atom is -0.319 e. The molecule has 144 valence electrons. The van der Waals surface area contributed by atoms with E-state index in [9.17, 15) is 0 Å². The number of benzene rings is 1. The molecule has 5 heteroatoms. The molecule has 4 aromatic rings. The number of para-hydroxylation sites is 1. The predicted molar refractivity (Wildman–Crippen MR) is 114 cm³/mol. The van der Waals surface area contributed by atoms with Crippen LogP contribution in [0.1, 0.15) is 32.3 Å². The molecule has 0 radical (unpaired) electrons. The van der Waals surface area contributed by atoms with Crippen LogP contribution in [-0.2, 0) is 6.42 Å². The zero-order valence-corrected chi connectivity index (χ0v) is 16.8. The molecule has 0 fully saturated rings. The highest BCUT2D eigenvalue weighted by Gasteiger charge is 2.17. The number of rotatable bonds is 7. The molecule has 0 amide bonds.